The van der Waals surface area contributed by atoms with Crippen LogP contribution in [-0.4, -0.2) is 48.1 Å². The van der Waals surface area contributed by atoms with Gasteiger partial charge in [0.1, 0.15) is 0 Å². The fourth-order valence-electron chi connectivity index (χ4n) is 1.01. The maximum absolute atomic E-state index is 11.2. The summed E-state index contributed by atoms with van der Waals surface area (Å²) in [5, 5.41) is 11.0. The highest BCUT2D eigenvalue weighted by atomic mass is 16.4. The van der Waals surface area contributed by atoms with Crippen molar-refractivity contribution in [1.29, 1.82) is 0 Å². The molecule has 0 aliphatic heterocycles. The lowest BCUT2D eigenvalue weighted by Crippen LogP contribution is -2.38. The van der Waals surface area contributed by atoms with Crippen LogP contribution < -0.4 is 5.32 Å². The second-order valence-electron chi connectivity index (χ2n) is 2.99. The van der Waals surface area contributed by atoms with Crippen molar-refractivity contribution >= 4 is 11.9 Å². The number of likely N-dealkylation sites (N-methyl/N-ethyl adjacent to an activating group) is 1. The predicted molar refractivity (Wildman–Crippen MR) is 56.2 cm³/mol. The minimum atomic E-state index is -0.863. The van der Waals surface area contributed by atoms with Crippen LogP contribution in [0.4, 0.5) is 0 Å². The minimum Gasteiger partial charge on any atom is -0.481 e. The summed E-state index contributed by atoms with van der Waals surface area (Å²) in [4.78, 5) is 23.3. The van der Waals surface area contributed by atoms with Crippen LogP contribution in [0.15, 0.2) is 0 Å². The number of nitrogens with zero attached hydrogens (tertiary/aromatic N) is 1. The molecule has 0 spiro atoms. The Labute approximate surface area is 89.4 Å². The number of nitrogens with one attached hydrogen (secondary N) is 1. The van der Waals surface area contributed by atoms with Gasteiger partial charge in [0.15, 0.2) is 0 Å². The van der Waals surface area contributed by atoms with E-state index in [1.54, 1.807) is 4.90 Å². The number of rotatable bonds is 7. The predicted octanol–water partition coefficient (Wildman–Crippen LogP) is -0.468. The van der Waals surface area contributed by atoms with Gasteiger partial charge in [0.25, 0.3) is 0 Å². The maximum atomic E-state index is 11.2. The van der Waals surface area contributed by atoms with Crippen LogP contribution in [0.5, 0.6) is 0 Å². The topological polar surface area (TPSA) is 69.6 Å². The molecule has 84 valence electrons. The summed E-state index contributed by atoms with van der Waals surface area (Å²) in [5.74, 6) is 1.25. The lowest BCUT2D eigenvalue weighted by molar-refractivity contribution is -0.137. The van der Waals surface area contributed by atoms with Gasteiger partial charge in [-0.3, -0.25) is 14.5 Å². The van der Waals surface area contributed by atoms with Crippen molar-refractivity contribution < 1.29 is 14.7 Å². The zero-order chi connectivity index (χ0) is 11.7. The first-order valence-corrected chi connectivity index (χ1v) is 4.74. The number of terminal acetylenes is 1. The van der Waals surface area contributed by atoms with E-state index in [4.69, 9.17) is 11.5 Å². The Morgan fingerprint density at radius 2 is 2.20 bits per heavy atom. The van der Waals surface area contributed by atoms with Crippen molar-refractivity contribution in [2.75, 3.05) is 26.2 Å². The van der Waals surface area contributed by atoms with Gasteiger partial charge in [0.2, 0.25) is 5.91 Å². The fourth-order valence-corrected chi connectivity index (χ4v) is 1.01. The molecule has 0 unspecified atom stereocenters. The highest BCUT2D eigenvalue weighted by molar-refractivity contribution is 5.78. The zero-order valence-corrected chi connectivity index (χ0v) is 8.82. The van der Waals surface area contributed by atoms with Gasteiger partial charge < -0.3 is 10.4 Å². The third kappa shape index (κ3) is 7.52. The van der Waals surface area contributed by atoms with Crippen LogP contribution in [0.3, 0.4) is 0 Å². The molecular formula is C10H16N2O3. The summed E-state index contributed by atoms with van der Waals surface area (Å²) >= 11 is 0. The molecule has 0 saturated heterocycles. The van der Waals surface area contributed by atoms with Gasteiger partial charge in [-0.1, -0.05) is 12.8 Å². The summed E-state index contributed by atoms with van der Waals surface area (Å²) in [6.45, 7) is 3.27. The molecule has 0 heterocycles. The van der Waals surface area contributed by atoms with Gasteiger partial charge in [0, 0.05) is 6.54 Å². The number of amides is 1. The standard InChI is InChI=1S/C10H16N2O3/c1-3-6-11-9(13)8-12(4-2)7-5-10(14)15/h1H,4-8H2,2H3,(H,11,13)(H,14,15). The lowest BCUT2D eigenvalue weighted by Gasteiger charge is -2.18. The molecule has 2 N–H and O–H groups in total. The Bertz CT molecular complexity index is 258. The summed E-state index contributed by atoms with van der Waals surface area (Å²) < 4.78 is 0. The van der Waals surface area contributed by atoms with E-state index in [-0.39, 0.29) is 25.4 Å². The highest BCUT2D eigenvalue weighted by Crippen LogP contribution is 1.91. The molecule has 0 aliphatic carbocycles. The van der Waals surface area contributed by atoms with Crippen molar-refractivity contribution in [3.63, 3.8) is 0 Å². The molecule has 1 amide bonds. The average Bonchev–Trinajstić information content (AvgIpc) is 2.20. The summed E-state index contributed by atoms with van der Waals surface area (Å²) in [5.41, 5.74) is 0. The molecule has 0 saturated carbocycles. The van der Waals surface area contributed by atoms with E-state index in [1.807, 2.05) is 6.92 Å². The zero-order valence-electron chi connectivity index (χ0n) is 8.82. The van der Waals surface area contributed by atoms with Crippen molar-refractivity contribution in [2.45, 2.75) is 13.3 Å². The van der Waals surface area contributed by atoms with E-state index in [9.17, 15) is 9.59 Å². The summed E-state index contributed by atoms with van der Waals surface area (Å²) in [7, 11) is 0. The molecule has 5 nitrogen and oxygen atoms in total. The minimum absolute atomic E-state index is 0.0380. The van der Waals surface area contributed by atoms with Crippen molar-refractivity contribution in [3.05, 3.63) is 0 Å². The van der Waals surface area contributed by atoms with Crippen molar-refractivity contribution in [2.24, 2.45) is 0 Å². The molecule has 0 rings (SSSR count). The van der Waals surface area contributed by atoms with Crippen LogP contribution in [0, 0.1) is 12.3 Å². The molecule has 0 radical (unpaired) electrons. The molecule has 0 aromatic rings. The number of carboxylic acid groups (broad SMARTS) is 1. The molecule has 0 aromatic carbocycles. The average molecular weight is 212 g/mol. The van der Waals surface area contributed by atoms with Crippen LogP contribution in [-0.2, 0) is 9.59 Å². The SMILES string of the molecule is C#CCNC(=O)CN(CC)CCC(=O)O. The van der Waals surface area contributed by atoms with E-state index >= 15 is 0 Å². The van der Waals surface area contributed by atoms with Crippen molar-refractivity contribution in [3.8, 4) is 12.3 Å². The summed E-state index contributed by atoms with van der Waals surface area (Å²) in [6.07, 6.45) is 5.02. The van der Waals surface area contributed by atoms with Crippen LogP contribution in [0.25, 0.3) is 0 Å². The fraction of sp³-hybridized carbons (Fsp3) is 0.600. The molecule has 0 bridgehead atoms. The molecule has 0 fully saturated rings. The van der Waals surface area contributed by atoms with Crippen LogP contribution >= 0.6 is 0 Å². The second-order valence-corrected chi connectivity index (χ2v) is 2.99. The van der Waals surface area contributed by atoms with Crippen LogP contribution in [0.1, 0.15) is 13.3 Å². The Balaban J connectivity index is 3.83. The Kier molecular flexibility index (Phi) is 7.02. The molecule has 0 aromatic heterocycles. The van der Waals surface area contributed by atoms with Gasteiger partial charge in [-0.2, -0.15) is 0 Å². The highest BCUT2D eigenvalue weighted by Gasteiger charge is 2.09. The Morgan fingerprint density at radius 1 is 1.53 bits per heavy atom. The first-order chi connectivity index (χ1) is 7.10. The van der Waals surface area contributed by atoms with Gasteiger partial charge >= 0.3 is 5.97 Å². The van der Waals surface area contributed by atoms with Crippen molar-refractivity contribution in [1.82, 2.24) is 10.2 Å². The molecule has 0 aliphatic rings. The van der Waals surface area contributed by atoms with Gasteiger partial charge in [-0.05, 0) is 6.54 Å². The number of aliphatic carboxylic acids is 1. The smallest absolute Gasteiger partial charge is 0.304 e. The first-order valence-electron chi connectivity index (χ1n) is 4.74. The third-order valence-electron chi connectivity index (χ3n) is 1.84. The first kappa shape index (κ1) is 13.5. The van der Waals surface area contributed by atoms with E-state index < -0.39 is 5.97 Å². The number of hydrogen-bond donors (Lipinski definition) is 2. The molecule has 15 heavy (non-hydrogen) atoms. The normalized spacial score (nSPS) is 9.67. The maximum Gasteiger partial charge on any atom is 0.304 e. The molecule has 0 atom stereocenters. The van der Waals surface area contributed by atoms with Gasteiger partial charge in [-0.25, -0.2) is 0 Å². The number of carboxylic acids is 1. The number of carbonyl (C=O) groups excluding carboxylic acids is 1. The lowest BCUT2D eigenvalue weighted by atomic mass is 10.3. The molecular weight excluding hydrogens is 196 g/mol. The Morgan fingerprint density at radius 3 is 2.67 bits per heavy atom. The van der Waals surface area contributed by atoms with Crippen LogP contribution in [0.2, 0.25) is 0 Å². The number of carbonyl (C=O) groups is 2. The van der Waals surface area contributed by atoms with Gasteiger partial charge in [0.05, 0.1) is 19.5 Å². The number of hydrogen-bond acceptors (Lipinski definition) is 3. The second kappa shape index (κ2) is 7.83. The van der Waals surface area contributed by atoms with Gasteiger partial charge in [-0.15, -0.1) is 6.42 Å². The quantitative estimate of drug-likeness (QED) is 0.560. The summed E-state index contributed by atoms with van der Waals surface area (Å²) in [6, 6.07) is 0. The van der Waals surface area contributed by atoms with E-state index in [2.05, 4.69) is 11.2 Å². The third-order valence-corrected chi connectivity index (χ3v) is 1.84. The molecule has 5 heteroatoms. The largest absolute Gasteiger partial charge is 0.481 e. The van der Waals surface area contributed by atoms with E-state index in [0.717, 1.165) is 0 Å². The monoisotopic (exact) mass is 212 g/mol. The Hall–Kier alpha value is -1.54. The van der Waals surface area contributed by atoms with E-state index in [0.29, 0.717) is 13.1 Å². The van der Waals surface area contributed by atoms with E-state index in [1.165, 1.54) is 0 Å².